The van der Waals surface area contributed by atoms with Gasteiger partial charge in [0.1, 0.15) is 0 Å². The van der Waals surface area contributed by atoms with Gasteiger partial charge in [0.15, 0.2) is 0 Å². The third kappa shape index (κ3) is 5.68. The van der Waals surface area contributed by atoms with E-state index in [1.54, 1.807) is 4.90 Å². The lowest BCUT2D eigenvalue weighted by molar-refractivity contribution is 0.768. The van der Waals surface area contributed by atoms with Gasteiger partial charge in [-0.1, -0.05) is 206 Å². The highest BCUT2D eigenvalue weighted by molar-refractivity contribution is 5.98. The largest absolute Gasteiger partial charge is 0.310 e. The maximum Gasteiger partial charge on any atom is 0.0726 e. The van der Waals surface area contributed by atoms with Gasteiger partial charge in [-0.25, -0.2) is 0 Å². The van der Waals surface area contributed by atoms with E-state index in [4.69, 9.17) is 6.85 Å². The van der Waals surface area contributed by atoms with E-state index >= 15 is 0 Å². The van der Waals surface area contributed by atoms with Crippen molar-refractivity contribution in [2.24, 2.45) is 0 Å². The Hall–Kier alpha value is -8.98. The lowest BCUT2D eigenvalue weighted by Gasteiger charge is -2.35. The molecule has 1 unspecified atom stereocenters. The maximum atomic E-state index is 9.15. The number of benzene rings is 11. The van der Waals surface area contributed by atoms with Gasteiger partial charge in [-0.05, 0) is 151 Å². The third-order valence-electron chi connectivity index (χ3n) is 15.0. The van der Waals surface area contributed by atoms with Crippen LogP contribution in [-0.4, -0.2) is 0 Å². The molecule has 0 amide bonds. The topological polar surface area (TPSA) is 6.48 Å². The minimum absolute atomic E-state index is 0.0931. The number of hydrogen-bond donors (Lipinski definition) is 0. The molecule has 2 nitrogen and oxygen atoms in total. The predicted molar refractivity (Wildman–Crippen MR) is 289 cm³/mol. The fourth-order valence-electron chi connectivity index (χ4n) is 12.3. The van der Waals surface area contributed by atoms with Gasteiger partial charge in [-0.2, -0.15) is 0 Å². The number of rotatable bonds is 8. The molecule has 0 aromatic heterocycles. The van der Waals surface area contributed by atoms with E-state index in [1.807, 2.05) is 30.3 Å². The summed E-state index contributed by atoms with van der Waals surface area (Å²) in [4.78, 5) is 4.21. The molecular weight excluding hydrogens is 845 g/mol. The Kier molecular flexibility index (Phi) is 7.95. The molecule has 2 heteroatoms. The molecule has 11 aromatic carbocycles. The Morgan fingerprint density at radius 3 is 1.11 bits per heavy atom. The first-order valence-electron chi connectivity index (χ1n) is 26.4. The van der Waals surface area contributed by atoms with Crippen molar-refractivity contribution in [1.29, 1.82) is 0 Å². The summed E-state index contributed by atoms with van der Waals surface area (Å²) in [5, 5.41) is 0. The van der Waals surface area contributed by atoms with E-state index in [1.165, 1.54) is 50.1 Å². The predicted octanol–water partition coefficient (Wildman–Crippen LogP) is 17.3. The monoisotopic (exact) mass is 895 g/mol. The normalized spacial score (nSPS) is 16.0. The zero-order chi connectivity index (χ0) is 50.6. The highest BCUT2D eigenvalue weighted by Gasteiger charge is 2.52. The van der Waals surface area contributed by atoms with Crippen molar-refractivity contribution in [3.8, 4) is 33.4 Å². The van der Waals surface area contributed by atoms with Gasteiger partial charge in [0.2, 0.25) is 0 Å². The fraction of sp³-hybridized carbons (Fsp3) is 0.0294. The number of anilines is 6. The third-order valence-corrected chi connectivity index (χ3v) is 15.0. The number of fused-ring (bicyclic) bond motifs is 13. The smallest absolute Gasteiger partial charge is 0.0726 e. The first kappa shape index (κ1) is 35.2. The van der Waals surface area contributed by atoms with E-state index in [0.717, 1.165) is 44.9 Å². The molecule has 0 heterocycles. The van der Waals surface area contributed by atoms with E-state index in [-0.39, 0.29) is 29.9 Å². The van der Waals surface area contributed by atoms with Crippen molar-refractivity contribution in [1.82, 2.24) is 0 Å². The van der Waals surface area contributed by atoms with Crippen LogP contribution in [0.1, 0.15) is 51.4 Å². The number of nitrogens with zero attached hydrogens (tertiary/aromatic N) is 2. The average Bonchev–Trinajstić information content (AvgIpc) is 4.25. The van der Waals surface area contributed by atoms with E-state index in [0.29, 0.717) is 11.4 Å². The summed E-state index contributed by atoms with van der Waals surface area (Å²) in [5.41, 5.74) is 19.7. The molecule has 0 radical (unpaired) electrons. The molecule has 328 valence electrons. The van der Waals surface area contributed by atoms with Gasteiger partial charge in [0.05, 0.1) is 17.7 Å². The van der Waals surface area contributed by atoms with E-state index in [9.17, 15) is 0 Å². The molecule has 11 aromatic rings. The molecule has 0 fully saturated rings. The molecule has 0 aliphatic heterocycles. The van der Waals surface area contributed by atoms with Crippen LogP contribution >= 0.6 is 0 Å². The lowest BCUT2D eigenvalue weighted by Crippen LogP contribution is -2.28. The molecule has 1 atom stereocenters. The Labute approximate surface area is 416 Å². The van der Waals surface area contributed by atoms with Gasteiger partial charge < -0.3 is 9.80 Å². The van der Waals surface area contributed by atoms with Crippen molar-refractivity contribution >= 4 is 34.1 Å². The maximum absolute atomic E-state index is 9.15. The second-order valence-corrected chi connectivity index (χ2v) is 18.4. The molecule has 0 bridgehead atoms. The second-order valence-electron chi connectivity index (χ2n) is 18.4. The van der Waals surface area contributed by atoms with Gasteiger partial charge in [0.25, 0.3) is 0 Å². The molecule has 14 rings (SSSR count). The summed E-state index contributed by atoms with van der Waals surface area (Å²) < 4.78 is 44.1. The Morgan fingerprint density at radius 2 is 0.600 bits per heavy atom. The highest BCUT2D eigenvalue weighted by atomic mass is 15.1. The van der Waals surface area contributed by atoms with Crippen LogP contribution in [0.3, 0.4) is 0 Å². The quantitative estimate of drug-likeness (QED) is 0.150. The highest BCUT2D eigenvalue weighted by Crippen LogP contribution is 2.64. The Balaban J connectivity index is 0.996. The number of hydrogen-bond acceptors (Lipinski definition) is 2. The molecule has 0 saturated heterocycles. The van der Waals surface area contributed by atoms with Gasteiger partial charge in [0, 0.05) is 34.1 Å². The zero-order valence-corrected chi connectivity index (χ0v) is 38.1. The zero-order valence-electron chi connectivity index (χ0n) is 43.1. The van der Waals surface area contributed by atoms with Crippen LogP contribution in [0.2, 0.25) is 0 Å². The molecular formula is C68H46N2. The molecule has 0 N–H and O–H groups in total. The first-order chi connectivity index (χ1) is 36.8. The van der Waals surface area contributed by atoms with Crippen LogP contribution in [0.15, 0.2) is 279 Å². The summed E-state index contributed by atoms with van der Waals surface area (Å²) in [6.07, 6.45) is 0. The van der Waals surface area contributed by atoms with E-state index < -0.39 is 16.9 Å². The van der Waals surface area contributed by atoms with Crippen molar-refractivity contribution in [2.45, 2.75) is 10.8 Å². The van der Waals surface area contributed by atoms with Gasteiger partial charge >= 0.3 is 0 Å². The minimum Gasteiger partial charge on any atom is -0.310 e. The summed E-state index contributed by atoms with van der Waals surface area (Å²) in [6, 6.07) is 87.2. The van der Waals surface area contributed by atoms with Crippen molar-refractivity contribution in [3.63, 3.8) is 0 Å². The molecule has 70 heavy (non-hydrogen) atoms. The fourth-order valence-corrected chi connectivity index (χ4v) is 12.3. The second kappa shape index (κ2) is 15.8. The molecule has 1 spiro atoms. The van der Waals surface area contributed by atoms with Crippen LogP contribution in [0.25, 0.3) is 33.4 Å². The molecule has 0 saturated carbocycles. The lowest BCUT2D eigenvalue weighted by atomic mass is 9.67. The van der Waals surface area contributed by atoms with Crippen molar-refractivity contribution in [3.05, 3.63) is 323 Å². The Morgan fingerprint density at radius 1 is 0.243 bits per heavy atom. The first-order valence-corrected chi connectivity index (χ1v) is 23.9. The summed E-state index contributed by atoms with van der Waals surface area (Å²) >= 11 is 0. The number of para-hydroxylation sites is 3. The summed E-state index contributed by atoms with van der Waals surface area (Å²) in [5.74, 6) is 0. The van der Waals surface area contributed by atoms with Crippen LogP contribution in [0.4, 0.5) is 34.1 Å². The van der Waals surface area contributed by atoms with Crippen LogP contribution in [0, 0.1) is 0 Å². The molecule has 3 aliphatic carbocycles. The molecule has 3 aliphatic rings. The average molecular weight is 896 g/mol. The van der Waals surface area contributed by atoms with Gasteiger partial charge in [-0.3, -0.25) is 0 Å². The van der Waals surface area contributed by atoms with Crippen LogP contribution < -0.4 is 9.80 Å². The SMILES string of the molecule is [2H]c1c([2H])c([2H])c(N(c2ccccc2)c2ccc3c(c2)-c2ccccc2C32c3ccccc3-c3ccc(N(c4ccccc4)c4ccc5c(c4)C(c4ccccc4)(c4ccccc4)c4ccccc4-5)cc32)c([2H])c1[2H]. The van der Waals surface area contributed by atoms with Crippen LogP contribution in [-0.2, 0) is 10.8 Å². The van der Waals surface area contributed by atoms with Crippen molar-refractivity contribution in [2.75, 3.05) is 9.80 Å². The van der Waals surface area contributed by atoms with E-state index in [2.05, 4.69) is 223 Å². The summed E-state index contributed by atoms with van der Waals surface area (Å²) in [7, 11) is 0. The summed E-state index contributed by atoms with van der Waals surface area (Å²) in [6.45, 7) is 0. The standard InChI is InChI=1S/C68H46N2/c1-6-22-47(23-7-1)67(48-24-8-2-9-25-48)61-35-19-16-32-55(61)58-41-38-53(45-65(58)67)70(51-30-14-5-15-31-51)54-39-42-59-56-33-17-20-36-62(56)68(66(59)46-54)63-37-21-18-34-57(63)60-44-52(40-43-64(60)68)69(49-26-10-3-11-27-49)50-28-12-4-13-29-50/h1-46H/i3D,10D,11D,26D,27D. The van der Waals surface area contributed by atoms with Gasteiger partial charge in [-0.15, -0.1) is 0 Å². The Bertz CT molecular complexity index is 4020. The van der Waals surface area contributed by atoms with Crippen molar-refractivity contribution < 1.29 is 6.85 Å². The minimum atomic E-state index is -0.724. The van der Waals surface area contributed by atoms with Crippen LogP contribution in [0.5, 0.6) is 0 Å².